The van der Waals surface area contributed by atoms with Crippen LogP contribution in [0.15, 0.2) is 4.99 Å². The van der Waals surface area contributed by atoms with E-state index in [0.29, 0.717) is 11.9 Å². The third-order valence-electron chi connectivity index (χ3n) is 2.50. The molecule has 1 rings (SSSR count). The average molecular weight is 170 g/mol. The summed E-state index contributed by atoms with van der Waals surface area (Å²) in [5.74, 6) is 1.34. The molecule has 1 aliphatic heterocycles. The van der Waals surface area contributed by atoms with E-state index >= 15 is 0 Å². The van der Waals surface area contributed by atoms with Crippen molar-refractivity contribution in [3.63, 3.8) is 0 Å². The molecule has 0 unspecified atom stereocenters. The first kappa shape index (κ1) is 9.32. The molecule has 0 spiro atoms. The minimum Gasteiger partial charge on any atom is -0.370 e. The predicted molar refractivity (Wildman–Crippen MR) is 50.9 cm³/mol. The van der Waals surface area contributed by atoms with E-state index in [1.807, 2.05) is 0 Å². The zero-order chi connectivity index (χ0) is 8.97. The molecule has 0 radical (unpaired) electrons. The number of guanidine groups is 1. The second-order valence-corrected chi connectivity index (χ2v) is 3.25. The van der Waals surface area contributed by atoms with Crippen LogP contribution in [-0.2, 0) is 0 Å². The molecule has 12 heavy (non-hydrogen) atoms. The van der Waals surface area contributed by atoms with Crippen LogP contribution in [0.5, 0.6) is 0 Å². The number of piperidine rings is 1. The Labute approximate surface area is 73.6 Å². The number of aliphatic imine (C=N–C) groups is 1. The fraction of sp³-hybridized carbons (Fsp3) is 0.875. The summed E-state index contributed by atoms with van der Waals surface area (Å²) >= 11 is 0. The molecule has 1 heterocycles. The lowest BCUT2D eigenvalue weighted by atomic mass is 9.97. The maximum absolute atomic E-state index is 5.68. The Morgan fingerprint density at radius 1 is 1.50 bits per heavy atom. The van der Waals surface area contributed by atoms with Gasteiger partial charge in [-0.2, -0.15) is 0 Å². The zero-order valence-corrected chi connectivity index (χ0v) is 7.66. The quantitative estimate of drug-likeness (QED) is 0.416. The van der Waals surface area contributed by atoms with Crippen molar-refractivity contribution in [3.8, 4) is 0 Å². The van der Waals surface area contributed by atoms with Crippen molar-refractivity contribution in [2.45, 2.75) is 12.8 Å². The van der Waals surface area contributed by atoms with Crippen molar-refractivity contribution in [1.82, 2.24) is 4.90 Å². The number of hydrogen-bond donors (Lipinski definition) is 2. The molecule has 4 heteroatoms. The van der Waals surface area contributed by atoms with E-state index in [1.165, 1.54) is 0 Å². The number of nitrogens with two attached hydrogens (primary N) is 2. The Hall–Kier alpha value is -0.770. The minimum absolute atomic E-state index is 0.658. The predicted octanol–water partition coefficient (Wildman–Crippen LogP) is -0.398. The summed E-state index contributed by atoms with van der Waals surface area (Å²) in [7, 11) is 1.73. The third kappa shape index (κ3) is 2.11. The van der Waals surface area contributed by atoms with Crippen LogP contribution in [0.4, 0.5) is 0 Å². The molecule has 1 fully saturated rings. The molecule has 0 aromatic rings. The SMILES string of the molecule is CN=C(N)N1CCC(CN)CC1. The summed E-state index contributed by atoms with van der Waals surface area (Å²) < 4.78 is 0. The van der Waals surface area contributed by atoms with Gasteiger partial charge in [0, 0.05) is 20.1 Å². The average Bonchev–Trinajstić information content (AvgIpc) is 2.17. The van der Waals surface area contributed by atoms with Gasteiger partial charge in [0.2, 0.25) is 0 Å². The van der Waals surface area contributed by atoms with Gasteiger partial charge in [0.15, 0.2) is 5.96 Å². The second kappa shape index (κ2) is 4.30. The first-order chi connectivity index (χ1) is 5.77. The van der Waals surface area contributed by atoms with Crippen molar-refractivity contribution in [3.05, 3.63) is 0 Å². The summed E-state index contributed by atoms with van der Waals surface area (Å²) in [6, 6.07) is 0. The zero-order valence-electron chi connectivity index (χ0n) is 7.66. The van der Waals surface area contributed by atoms with Crippen LogP contribution in [0.25, 0.3) is 0 Å². The minimum atomic E-state index is 0.658. The Morgan fingerprint density at radius 2 is 2.08 bits per heavy atom. The lowest BCUT2D eigenvalue weighted by Gasteiger charge is -2.31. The monoisotopic (exact) mass is 170 g/mol. The smallest absolute Gasteiger partial charge is 0.190 e. The summed E-state index contributed by atoms with van der Waals surface area (Å²) in [4.78, 5) is 6.07. The van der Waals surface area contributed by atoms with Gasteiger partial charge in [-0.3, -0.25) is 4.99 Å². The van der Waals surface area contributed by atoms with E-state index in [2.05, 4.69) is 9.89 Å². The molecule has 0 aliphatic carbocycles. The summed E-state index contributed by atoms with van der Waals surface area (Å²) in [6.07, 6.45) is 2.29. The van der Waals surface area contributed by atoms with Gasteiger partial charge < -0.3 is 16.4 Å². The largest absolute Gasteiger partial charge is 0.370 e. The molecule has 0 bridgehead atoms. The van der Waals surface area contributed by atoms with Crippen LogP contribution in [-0.4, -0.2) is 37.5 Å². The highest BCUT2D eigenvalue weighted by atomic mass is 15.2. The van der Waals surface area contributed by atoms with Gasteiger partial charge in [0.1, 0.15) is 0 Å². The molecule has 1 aliphatic rings. The van der Waals surface area contributed by atoms with Crippen molar-refractivity contribution in [2.75, 3.05) is 26.7 Å². The third-order valence-corrected chi connectivity index (χ3v) is 2.50. The van der Waals surface area contributed by atoms with Crippen molar-refractivity contribution in [2.24, 2.45) is 22.4 Å². The number of hydrogen-bond acceptors (Lipinski definition) is 2. The van der Waals surface area contributed by atoms with Crippen molar-refractivity contribution in [1.29, 1.82) is 0 Å². The van der Waals surface area contributed by atoms with Crippen molar-refractivity contribution < 1.29 is 0 Å². The number of nitrogens with zero attached hydrogens (tertiary/aromatic N) is 2. The molecular weight excluding hydrogens is 152 g/mol. The molecule has 4 nitrogen and oxygen atoms in total. The standard InChI is InChI=1S/C8H18N4/c1-11-8(10)12-4-2-7(6-9)3-5-12/h7H,2-6,9H2,1H3,(H2,10,11). The maximum atomic E-state index is 5.68. The van der Waals surface area contributed by atoms with E-state index < -0.39 is 0 Å². The van der Waals surface area contributed by atoms with Gasteiger partial charge in [-0.25, -0.2) is 0 Å². The van der Waals surface area contributed by atoms with E-state index in [1.54, 1.807) is 7.05 Å². The Balaban J connectivity index is 2.36. The van der Waals surface area contributed by atoms with E-state index in [-0.39, 0.29) is 0 Å². The Morgan fingerprint density at radius 3 is 2.50 bits per heavy atom. The summed E-state index contributed by atoms with van der Waals surface area (Å²) in [5.41, 5.74) is 11.3. The fourth-order valence-corrected chi connectivity index (χ4v) is 1.54. The highest BCUT2D eigenvalue weighted by molar-refractivity contribution is 5.77. The maximum Gasteiger partial charge on any atom is 0.190 e. The normalized spacial score (nSPS) is 21.5. The Kier molecular flexibility index (Phi) is 3.34. The molecule has 70 valence electrons. The Bertz CT molecular complexity index is 158. The van der Waals surface area contributed by atoms with Crippen LogP contribution >= 0.6 is 0 Å². The molecule has 0 saturated carbocycles. The van der Waals surface area contributed by atoms with E-state index in [0.717, 1.165) is 32.5 Å². The second-order valence-electron chi connectivity index (χ2n) is 3.25. The molecule has 0 aromatic heterocycles. The van der Waals surface area contributed by atoms with E-state index in [4.69, 9.17) is 11.5 Å². The van der Waals surface area contributed by atoms with Crippen molar-refractivity contribution >= 4 is 5.96 Å². The molecule has 0 atom stereocenters. The molecule has 4 N–H and O–H groups in total. The lowest BCUT2D eigenvalue weighted by Crippen LogP contribution is -2.43. The van der Waals surface area contributed by atoms with Gasteiger partial charge in [-0.15, -0.1) is 0 Å². The van der Waals surface area contributed by atoms with Crippen LogP contribution in [0.2, 0.25) is 0 Å². The highest BCUT2D eigenvalue weighted by Gasteiger charge is 2.18. The van der Waals surface area contributed by atoms with Gasteiger partial charge in [0.05, 0.1) is 0 Å². The number of likely N-dealkylation sites (tertiary alicyclic amines) is 1. The van der Waals surface area contributed by atoms with Gasteiger partial charge in [-0.05, 0) is 25.3 Å². The first-order valence-electron chi connectivity index (χ1n) is 4.45. The number of rotatable bonds is 1. The van der Waals surface area contributed by atoms with Crippen LogP contribution in [0.3, 0.4) is 0 Å². The van der Waals surface area contributed by atoms with Gasteiger partial charge >= 0.3 is 0 Å². The molecular formula is C8H18N4. The van der Waals surface area contributed by atoms with Crippen LogP contribution in [0, 0.1) is 5.92 Å². The summed E-state index contributed by atoms with van der Waals surface area (Å²) in [6.45, 7) is 2.81. The van der Waals surface area contributed by atoms with Gasteiger partial charge in [-0.1, -0.05) is 0 Å². The fourth-order valence-electron chi connectivity index (χ4n) is 1.54. The van der Waals surface area contributed by atoms with E-state index in [9.17, 15) is 0 Å². The van der Waals surface area contributed by atoms with Gasteiger partial charge in [0.25, 0.3) is 0 Å². The highest BCUT2D eigenvalue weighted by Crippen LogP contribution is 2.14. The summed E-state index contributed by atoms with van der Waals surface area (Å²) in [5, 5.41) is 0. The topological polar surface area (TPSA) is 67.6 Å². The molecule has 0 amide bonds. The lowest BCUT2D eigenvalue weighted by molar-refractivity contribution is 0.269. The molecule has 1 saturated heterocycles. The van der Waals surface area contributed by atoms with Crippen LogP contribution < -0.4 is 11.5 Å². The van der Waals surface area contributed by atoms with Crippen LogP contribution in [0.1, 0.15) is 12.8 Å². The molecule has 0 aromatic carbocycles. The first-order valence-corrected chi connectivity index (χ1v) is 4.45.